The minimum Gasteiger partial charge on any atom is -0.370 e. The fraction of sp³-hybridized carbons (Fsp3) is 0.364. The van der Waals surface area contributed by atoms with E-state index in [2.05, 4.69) is 68.2 Å². The molecular weight excluding hydrogens is 320 g/mol. The maximum absolute atomic E-state index is 5.84. The van der Waals surface area contributed by atoms with Gasteiger partial charge in [0.15, 0.2) is 0 Å². The van der Waals surface area contributed by atoms with Crippen molar-refractivity contribution in [1.82, 2.24) is 0 Å². The summed E-state index contributed by atoms with van der Waals surface area (Å²) in [5, 5.41) is 4.15. The van der Waals surface area contributed by atoms with Crippen LogP contribution in [-0.2, 0) is 6.54 Å². The lowest BCUT2D eigenvalue weighted by atomic mass is 9.91. The van der Waals surface area contributed by atoms with E-state index in [1.165, 1.54) is 5.56 Å². The predicted molar refractivity (Wildman–Crippen MR) is 113 cm³/mol. The smallest absolute Gasteiger partial charge is 0.118 e. The van der Waals surface area contributed by atoms with Crippen LogP contribution >= 0.6 is 0 Å². The highest BCUT2D eigenvalue weighted by molar-refractivity contribution is 6.54. The van der Waals surface area contributed by atoms with E-state index in [1.54, 1.807) is 0 Å². The summed E-state index contributed by atoms with van der Waals surface area (Å²) in [5.74, 6) is 5.84. The number of hydrazone groups is 1. The van der Waals surface area contributed by atoms with Gasteiger partial charge in [-0.15, -0.1) is 0 Å². The molecule has 138 valence electrons. The summed E-state index contributed by atoms with van der Waals surface area (Å²) in [6.07, 6.45) is 0. The second kappa shape index (κ2) is 8.17. The quantitative estimate of drug-likeness (QED) is 0.557. The molecule has 4 heteroatoms. The average Bonchev–Trinajstić information content (AvgIpc) is 2.62. The van der Waals surface area contributed by atoms with E-state index in [0.717, 1.165) is 34.8 Å². The lowest BCUT2D eigenvalue weighted by molar-refractivity contribution is 0.585. The number of nitrogens with two attached hydrogens (primary N) is 1. The summed E-state index contributed by atoms with van der Waals surface area (Å²) >= 11 is 0. The molecule has 0 atom stereocenters. The molecule has 2 aromatic carbocycles. The molecule has 0 saturated carbocycles. The molecule has 1 heterocycles. The van der Waals surface area contributed by atoms with Crippen LogP contribution < -0.4 is 10.7 Å². The van der Waals surface area contributed by atoms with Crippen molar-refractivity contribution in [3.8, 4) is 0 Å². The first-order valence-electron chi connectivity index (χ1n) is 9.17. The topological polar surface area (TPSA) is 54.0 Å². The standard InChI is InChI=1S/C20H24N4.C2H6/c1-20(2,3)22-18-15-10-6-5-9-14(15)13-24(4)17-12-8-7-11-16(17)19(18)23-21;1-2/h5-12H,13,21H2,1-4H3;1-2H3/b22-18?,23-19-;. The summed E-state index contributed by atoms with van der Waals surface area (Å²) in [6, 6.07) is 16.6. The van der Waals surface area contributed by atoms with Crippen LogP contribution in [0.5, 0.6) is 0 Å². The van der Waals surface area contributed by atoms with E-state index in [9.17, 15) is 0 Å². The van der Waals surface area contributed by atoms with Crippen LogP contribution in [0.25, 0.3) is 0 Å². The molecule has 0 unspecified atom stereocenters. The molecule has 2 aromatic rings. The third-order valence-electron chi connectivity index (χ3n) is 4.05. The van der Waals surface area contributed by atoms with Gasteiger partial charge in [-0.1, -0.05) is 56.3 Å². The molecule has 0 aliphatic carbocycles. The van der Waals surface area contributed by atoms with Gasteiger partial charge in [0, 0.05) is 30.4 Å². The Bertz CT molecular complexity index is 813. The van der Waals surface area contributed by atoms with Crippen molar-refractivity contribution in [1.29, 1.82) is 0 Å². The van der Waals surface area contributed by atoms with Crippen LogP contribution in [0.2, 0.25) is 0 Å². The largest absolute Gasteiger partial charge is 0.370 e. The molecule has 0 saturated heterocycles. The highest BCUT2D eigenvalue weighted by Crippen LogP contribution is 2.28. The third kappa shape index (κ3) is 4.13. The van der Waals surface area contributed by atoms with Gasteiger partial charge in [-0.05, 0) is 32.4 Å². The Morgan fingerprint density at radius 3 is 2.08 bits per heavy atom. The maximum Gasteiger partial charge on any atom is 0.118 e. The van der Waals surface area contributed by atoms with Crippen LogP contribution in [0.3, 0.4) is 0 Å². The van der Waals surface area contributed by atoms with E-state index in [4.69, 9.17) is 10.8 Å². The number of rotatable bonds is 0. The predicted octanol–water partition coefficient (Wildman–Crippen LogP) is 4.61. The summed E-state index contributed by atoms with van der Waals surface area (Å²) in [7, 11) is 2.09. The number of nitrogens with zero attached hydrogens (tertiary/aromatic N) is 3. The molecule has 1 aliphatic heterocycles. The van der Waals surface area contributed by atoms with Gasteiger partial charge in [-0.2, -0.15) is 5.10 Å². The normalized spacial score (nSPS) is 16.9. The van der Waals surface area contributed by atoms with Gasteiger partial charge >= 0.3 is 0 Å². The third-order valence-corrected chi connectivity index (χ3v) is 4.05. The number of para-hydroxylation sites is 1. The molecule has 0 aromatic heterocycles. The van der Waals surface area contributed by atoms with Gasteiger partial charge in [0.25, 0.3) is 0 Å². The molecule has 0 fully saturated rings. The van der Waals surface area contributed by atoms with Crippen LogP contribution in [-0.4, -0.2) is 24.0 Å². The van der Waals surface area contributed by atoms with Gasteiger partial charge in [-0.3, -0.25) is 4.99 Å². The minimum atomic E-state index is -0.224. The van der Waals surface area contributed by atoms with Crippen LogP contribution in [0, 0.1) is 0 Å². The summed E-state index contributed by atoms with van der Waals surface area (Å²) in [6.45, 7) is 11.1. The zero-order valence-electron chi connectivity index (χ0n) is 16.7. The Balaban J connectivity index is 0.00000117. The van der Waals surface area contributed by atoms with E-state index in [1.807, 2.05) is 32.0 Å². The van der Waals surface area contributed by atoms with E-state index >= 15 is 0 Å². The summed E-state index contributed by atoms with van der Waals surface area (Å²) < 4.78 is 0. The zero-order valence-corrected chi connectivity index (χ0v) is 16.7. The lowest BCUT2D eigenvalue weighted by Crippen LogP contribution is -2.31. The number of benzene rings is 2. The van der Waals surface area contributed by atoms with E-state index in [-0.39, 0.29) is 5.54 Å². The highest BCUT2D eigenvalue weighted by atomic mass is 15.1. The Morgan fingerprint density at radius 2 is 1.46 bits per heavy atom. The second-order valence-corrected chi connectivity index (χ2v) is 7.14. The van der Waals surface area contributed by atoms with Crippen molar-refractivity contribution in [3.05, 3.63) is 65.2 Å². The van der Waals surface area contributed by atoms with Crippen molar-refractivity contribution in [2.45, 2.75) is 46.7 Å². The van der Waals surface area contributed by atoms with E-state index < -0.39 is 0 Å². The lowest BCUT2D eigenvalue weighted by Gasteiger charge is -2.29. The first-order chi connectivity index (χ1) is 12.4. The van der Waals surface area contributed by atoms with Gasteiger partial charge in [0.2, 0.25) is 0 Å². The molecule has 0 radical (unpaired) electrons. The Kier molecular flexibility index (Phi) is 6.19. The SMILES string of the molecule is CC.CN1Cc2ccccc2C(=NC(C)(C)C)/C(=N\N)c2ccccc21. The van der Waals surface area contributed by atoms with Crippen molar-refractivity contribution in [3.63, 3.8) is 0 Å². The molecule has 1 aliphatic rings. The monoisotopic (exact) mass is 350 g/mol. The van der Waals surface area contributed by atoms with Crippen LogP contribution in [0.15, 0.2) is 58.6 Å². The molecule has 3 rings (SSSR count). The fourth-order valence-electron chi connectivity index (χ4n) is 3.07. The Hall–Kier alpha value is -2.62. The van der Waals surface area contributed by atoms with E-state index in [0.29, 0.717) is 0 Å². The Morgan fingerprint density at radius 1 is 0.885 bits per heavy atom. The van der Waals surface area contributed by atoms with Gasteiger partial charge in [0.1, 0.15) is 5.71 Å². The molecule has 0 bridgehead atoms. The summed E-state index contributed by atoms with van der Waals surface area (Å²) in [4.78, 5) is 7.20. The number of anilines is 1. The van der Waals surface area contributed by atoms with Crippen LogP contribution in [0.1, 0.15) is 51.3 Å². The molecule has 0 amide bonds. The fourth-order valence-corrected chi connectivity index (χ4v) is 3.07. The van der Waals surface area contributed by atoms with Gasteiger partial charge in [0.05, 0.1) is 11.3 Å². The summed E-state index contributed by atoms with van der Waals surface area (Å²) in [5.41, 5.74) is 5.81. The van der Waals surface area contributed by atoms with Crippen molar-refractivity contribution < 1.29 is 0 Å². The Labute approximate surface area is 157 Å². The molecule has 2 N–H and O–H groups in total. The van der Waals surface area contributed by atoms with Gasteiger partial charge < -0.3 is 10.7 Å². The molecule has 0 spiro atoms. The second-order valence-electron chi connectivity index (χ2n) is 7.14. The molecule has 26 heavy (non-hydrogen) atoms. The van der Waals surface area contributed by atoms with Crippen molar-refractivity contribution >= 4 is 17.1 Å². The molecule has 4 nitrogen and oxygen atoms in total. The number of hydrogen-bond acceptors (Lipinski definition) is 4. The molecular formula is C22H30N4. The minimum absolute atomic E-state index is 0.224. The average molecular weight is 351 g/mol. The van der Waals surface area contributed by atoms with Crippen molar-refractivity contribution in [2.75, 3.05) is 11.9 Å². The number of aliphatic imine (C=N–C) groups is 1. The highest BCUT2D eigenvalue weighted by Gasteiger charge is 2.26. The first kappa shape index (κ1) is 19.7. The maximum atomic E-state index is 5.84. The van der Waals surface area contributed by atoms with Crippen molar-refractivity contribution in [2.24, 2.45) is 15.9 Å². The number of fused-ring (bicyclic) bond motifs is 2. The number of hydrogen-bond donors (Lipinski definition) is 1. The van der Waals surface area contributed by atoms with Gasteiger partial charge in [-0.25, -0.2) is 0 Å². The van der Waals surface area contributed by atoms with Crippen LogP contribution in [0.4, 0.5) is 5.69 Å². The zero-order chi connectivity index (χ0) is 19.3. The first-order valence-corrected chi connectivity index (χ1v) is 9.17.